The number of benzene rings is 1. The summed E-state index contributed by atoms with van der Waals surface area (Å²) in [5.41, 5.74) is 1.41. The fourth-order valence-corrected chi connectivity index (χ4v) is 3.06. The zero-order valence-corrected chi connectivity index (χ0v) is 13.2. The topological polar surface area (TPSA) is 27.8 Å². The molecule has 0 atom stereocenters. The molecule has 0 saturated carbocycles. The summed E-state index contributed by atoms with van der Waals surface area (Å²) in [6.07, 6.45) is 9.39. The van der Waals surface area contributed by atoms with E-state index in [1.54, 1.807) is 18.1 Å². The number of nitrogens with one attached hydrogen (secondary N) is 2. The molecule has 2 rings (SSSR count). The predicted octanol–water partition coefficient (Wildman–Crippen LogP) is 5.87. The van der Waals surface area contributed by atoms with Gasteiger partial charge in [0, 0.05) is 23.4 Å². The molecule has 0 aliphatic heterocycles. The maximum absolute atomic E-state index is 13.3. The molecule has 21 heavy (non-hydrogen) atoms. The van der Waals surface area contributed by atoms with Crippen LogP contribution in [0.1, 0.15) is 45.4 Å². The molecule has 2 nitrogen and oxygen atoms in total. The van der Waals surface area contributed by atoms with E-state index in [1.807, 2.05) is 0 Å². The Morgan fingerprint density at radius 3 is 2.57 bits per heavy atom. The molecule has 5 heteroatoms. The normalized spacial score (nSPS) is 11.2. The van der Waals surface area contributed by atoms with Gasteiger partial charge in [0.25, 0.3) is 0 Å². The number of hydrogen-bond acceptors (Lipinski definition) is 2. The van der Waals surface area contributed by atoms with Crippen molar-refractivity contribution < 1.29 is 8.78 Å². The van der Waals surface area contributed by atoms with Gasteiger partial charge in [-0.3, -0.25) is 0 Å². The molecule has 1 aromatic carbocycles. The Bertz CT molecular complexity index is 569. The minimum absolute atomic E-state index is 0.608. The van der Waals surface area contributed by atoms with Crippen molar-refractivity contribution in [3.05, 3.63) is 30.0 Å². The molecule has 2 N–H and O–H groups in total. The number of H-pyrrole nitrogens is 1. The number of aromatic amines is 1. The largest absolute Gasteiger partial charge is 0.359 e. The maximum atomic E-state index is 13.3. The average Bonchev–Trinajstić information content (AvgIpc) is 2.85. The van der Waals surface area contributed by atoms with Crippen LogP contribution in [0.25, 0.3) is 10.9 Å². The van der Waals surface area contributed by atoms with Crippen molar-refractivity contribution >= 4 is 28.5 Å². The molecule has 0 radical (unpaired) electrons. The van der Waals surface area contributed by atoms with Crippen LogP contribution in [0.15, 0.2) is 18.3 Å². The Balaban J connectivity index is 1.75. The van der Waals surface area contributed by atoms with Crippen molar-refractivity contribution in [2.24, 2.45) is 0 Å². The van der Waals surface area contributed by atoms with Gasteiger partial charge < -0.3 is 9.71 Å². The first-order valence-electron chi connectivity index (χ1n) is 7.56. The summed E-state index contributed by atoms with van der Waals surface area (Å²) in [4.78, 5) is 2.95. The van der Waals surface area contributed by atoms with Gasteiger partial charge >= 0.3 is 0 Å². The smallest absolute Gasteiger partial charge is 0.160 e. The summed E-state index contributed by atoms with van der Waals surface area (Å²) in [5, 5.41) is 0.685. The Kier molecular flexibility index (Phi) is 6.36. The second-order valence-corrected chi connectivity index (χ2v) is 6.13. The van der Waals surface area contributed by atoms with Crippen molar-refractivity contribution in [3.8, 4) is 0 Å². The highest BCUT2D eigenvalue weighted by molar-refractivity contribution is 8.00. The second-order valence-electron chi connectivity index (χ2n) is 5.23. The highest BCUT2D eigenvalue weighted by atomic mass is 32.2. The summed E-state index contributed by atoms with van der Waals surface area (Å²) in [6.45, 7) is 2.22. The molecule has 1 heterocycles. The molecule has 0 bridgehead atoms. The van der Waals surface area contributed by atoms with Crippen LogP contribution in [0.5, 0.6) is 0 Å². The number of halogens is 2. The molecule has 116 valence electrons. The Labute approximate surface area is 128 Å². The zero-order chi connectivity index (χ0) is 15.1. The molecule has 0 amide bonds. The van der Waals surface area contributed by atoms with Crippen molar-refractivity contribution in [3.63, 3.8) is 0 Å². The van der Waals surface area contributed by atoms with Gasteiger partial charge in [-0.15, -0.1) is 0 Å². The van der Waals surface area contributed by atoms with Crippen LogP contribution in [-0.4, -0.2) is 10.7 Å². The van der Waals surface area contributed by atoms with Gasteiger partial charge in [0.1, 0.15) is 0 Å². The first-order valence-corrected chi connectivity index (χ1v) is 8.55. The molecule has 0 aliphatic carbocycles. The minimum Gasteiger partial charge on any atom is -0.359 e. The summed E-state index contributed by atoms with van der Waals surface area (Å²) in [6, 6.07) is 2.42. The number of fused-ring (bicyclic) bond motifs is 1. The standard InChI is InChI=1S/C16H22F2N2S/c1-2-3-4-5-6-7-8-21-20-16-11-19-15-10-14(18)13(17)9-12(15)16/h9-11,19-20H,2-8H2,1H3. The van der Waals surface area contributed by atoms with E-state index in [1.165, 1.54) is 50.7 Å². The number of unbranched alkanes of at least 4 members (excludes halogenated alkanes) is 5. The van der Waals surface area contributed by atoms with E-state index in [4.69, 9.17) is 0 Å². The van der Waals surface area contributed by atoms with E-state index >= 15 is 0 Å². The predicted molar refractivity (Wildman–Crippen MR) is 87.7 cm³/mol. The molecule has 0 saturated heterocycles. The second kappa shape index (κ2) is 8.27. The average molecular weight is 312 g/mol. The molecule has 0 aliphatic rings. The van der Waals surface area contributed by atoms with Gasteiger partial charge in [0.15, 0.2) is 11.6 Å². The lowest BCUT2D eigenvalue weighted by molar-refractivity contribution is 0.511. The van der Waals surface area contributed by atoms with Gasteiger partial charge in [0.05, 0.1) is 11.2 Å². The number of anilines is 1. The fraction of sp³-hybridized carbons (Fsp3) is 0.500. The van der Waals surface area contributed by atoms with Crippen LogP contribution in [0.2, 0.25) is 0 Å². The highest BCUT2D eigenvalue weighted by Crippen LogP contribution is 2.27. The van der Waals surface area contributed by atoms with E-state index in [2.05, 4.69) is 16.6 Å². The molecule has 2 aromatic rings. The van der Waals surface area contributed by atoms with Crippen LogP contribution in [0.3, 0.4) is 0 Å². The summed E-state index contributed by atoms with van der Waals surface area (Å²) in [5.74, 6) is -0.621. The quantitative estimate of drug-likeness (QED) is 0.448. The third-order valence-corrected chi connectivity index (χ3v) is 4.36. The molecule has 1 aromatic heterocycles. The van der Waals surface area contributed by atoms with Crippen molar-refractivity contribution in [2.45, 2.75) is 45.4 Å². The Morgan fingerprint density at radius 2 is 1.76 bits per heavy atom. The van der Waals surface area contributed by atoms with Crippen molar-refractivity contribution in [1.29, 1.82) is 0 Å². The minimum atomic E-state index is -0.823. The molecule has 0 spiro atoms. The number of hydrogen-bond donors (Lipinski definition) is 2. The van der Waals surface area contributed by atoms with E-state index in [9.17, 15) is 8.78 Å². The summed E-state index contributed by atoms with van der Waals surface area (Å²) in [7, 11) is 0. The van der Waals surface area contributed by atoms with Crippen molar-refractivity contribution in [2.75, 3.05) is 10.5 Å². The Hall–Kier alpha value is -1.23. The maximum Gasteiger partial charge on any atom is 0.160 e. The van der Waals surface area contributed by atoms with E-state index in [-0.39, 0.29) is 0 Å². The first-order chi connectivity index (χ1) is 10.2. The molecular formula is C16H22F2N2S. The summed E-state index contributed by atoms with van der Waals surface area (Å²) < 4.78 is 29.6. The number of aromatic nitrogens is 1. The van der Waals surface area contributed by atoms with Crippen LogP contribution >= 0.6 is 11.9 Å². The first kappa shape index (κ1) is 16.1. The lowest BCUT2D eigenvalue weighted by Gasteiger charge is -2.04. The molecule has 0 fully saturated rings. The summed E-state index contributed by atoms with van der Waals surface area (Å²) >= 11 is 1.61. The van der Waals surface area contributed by atoms with Crippen LogP contribution in [-0.2, 0) is 0 Å². The highest BCUT2D eigenvalue weighted by Gasteiger charge is 2.09. The van der Waals surface area contributed by atoms with E-state index < -0.39 is 11.6 Å². The third kappa shape index (κ3) is 4.63. The van der Waals surface area contributed by atoms with E-state index in [0.717, 1.165) is 11.4 Å². The van der Waals surface area contributed by atoms with Crippen LogP contribution in [0, 0.1) is 11.6 Å². The lowest BCUT2D eigenvalue weighted by Crippen LogP contribution is -1.90. The van der Waals surface area contributed by atoms with Gasteiger partial charge in [-0.2, -0.15) is 0 Å². The van der Waals surface area contributed by atoms with Gasteiger partial charge in [0.2, 0.25) is 0 Å². The molecular weight excluding hydrogens is 290 g/mol. The SMILES string of the molecule is CCCCCCCCSNc1c[nH]c2cc(F)c(F)cc12. The lowest BCUT2D eigenvalue weighted by atomic mass is 10.1. The van der Waals surface area contributed by atoms with Crippen LogP contribution < -0.4 is 4.72 Å². The van der Waals surface area contributed by atoms with Gasteiger partial charge in [-0.25, -0.2) is 8.78 Å². The monoisotopic (exact) mass is 312 g/mol. The molecule has 0 unspecified atom stereocenters. The fourth-order valence-electron chi connectivity index (χ4n) is 2.28. The van der Waals surface area contributed by atoms with Crippen LogP contribution in [0.4, 0.5) is 14.5 Å². The van der Waals surface area contributed by atoms with Gasteiger partial charge in [-0.05, 0) is 12.5 Å². The third-order valence-electron chi connectivity index (χ3n) is 3.50. The van der Waals surface area contributed by atoms with E-state index in [0.29, 0.717) is 10.9 Å². The van der Waals surface area contributed by atoms with Crippen molar-refractivity contribution in [1.82, 2.24) is 4.98 Å². The Morgan fingerprint density at radius 1 is 1.05 bits per heavy atom. The van der Waals surface area contributed by atoms with Gasteiger partial charge in [-0.1, -0.05) is 51.0 Å². The zero-order valence-electron chi connectivity index (χ0n) is 12.3. The number of rotatable bonds is 9.